The van der Waals surface area contributed by atoms with Crippen molar-refractivity contribution in [2.75, 3.05) is 23.7 Å². The Morgan fingerprint density at radius 3 is 2.12 bits per heavy atom. The Morgan fingerprint density at radius 2 is 1.65 bits per heavy atom. The minimum atomic E-state index is 0.990. The third-order valence-corrected chi connectivity index (χ3v) is 3.49. The maximum absolute atomic E-state index is 4.28. The third kappa shape index (κ3) is 3.95. The maximum atomic E-state index is 4.28. The second-order valence-corrected chi connectivity index (χ2v) is 5.20. The van der Waals surface area contributed by atoms with Crippen LogP contribution in [0.4, 0.5) is 5.69 Å². The zero-order valence-electron chi connectivity index (χ0n) is 11.6. The second kappa shape index (κ2) is 6.95. The molecule has 0 atom stereocenters. The highest BCUT2D eigenvalue weighted by atomic mass is 32.1. The molecular weight excluding hydrogens is 226 g/mol. The van der Waals surface area contributed by atoms with Crippen molar-refractivity contribution >= 4 is 18.3 Å². The number of hydrogen-bond acceptors (Lipinski definition) is 2. The summed E-state index contributed by atoms with van der Waals surface area (Å²) in [6.45, 7) is 11.1. The van der Waals surface area contributed by atoms with Crippen LogP contribution in [0.15, 0.2) is 12.1 Å². The molecule has 1 rings (SSSR count). The van der Waals surface area contributed by atoms with Crippen molar-refractivity contribution in [3.8, 4) is 0 Å². The fourth-order valence-corrected chi connectivity index (χ4v) is 2.74. The van der Waals surface area contributed by atoms with Crippen molar-refractivity contribution in [3.63, 3.8) is 0 Å². The summed E-state index contributed by atoms with van der Waals surface area (Å²) < 4.78 is 0. The van der Waals surface area contributed by atoms with Gasteiger partial charge in [0.2, 0.25) is 0 Å². The van der Waals surface area contributed by atoms with E-state index >= 15 is 0 Å². The van der Waals surface area contributed by atoms with Crippen molar-refractivity contribution in [2.24, 2.45) is 0 Å². The Bertz CT molecular complexity index is 337. The Kier molecular flexibility index (Phi) is 5.90. The molecule has 0 bridgehead atoms. The fourth-order valence-electron chi connectivity index (χ4n) is 2.51. The lowest BCUT2D eigenvalue weighted by atomic mass is 10.0. The summed E-state index contributed by atoms with van der Waals surface area (Å²) in [4.78, 5) is 2.49. The Labute approximate surface area is 112 Å². The quantitative estimate of drug-likeness (QED) is 0.587. The number of anilines is 1. The molecule has 0 unspecified atom stereocenters. The van der Waals surface area contributed by atoms with Gasteiger partial charge in [0.05, 0.1) is 0 Å². The third-order valence-electron chi connectivity index (χ3n) is 3.17. The van der Waals surface area contributed by atoms with E-state index in [1.807, 2.05) is 0 Å². The van der Waals surface area contributed by atoms with Crippen LogP contribution in [0.1, 0.15) is 36.5 Å². The summed E-state index contributed by atoms with van der Waals surface area (Å²) in [5, 5.41) is 0. The highest BCUT2D eigenvalue weighted by Crippen LogP contribution is 2.26. The first-order valence-electron chi connectivity index (χ1n) is 6.53. The normalized spacial score (nSPS) is 10.6. The maximum Gasteiger partial charge on any atom is 0.0425 e. The first-order valence-corrected chi connectivity index (χ1v) is 7.17. The number of benzene rings is 1. The molecule has 1 aromatic carbocycles. The first-order chi connectivity index (χ1) is 8.10. The number of hydrogen-bond donors (Lipinski definition) is 1. The van der Waals surface area contributed by atoms with E-state index in [0.29, 0.717) is 0 Å². The Balaban J connectivity index is 2.87. The molecule has 2 heteroatoms. The van der Waals surface area contributed by atoms with Gasteiger partial charge in [0.15, 0.2) is 0 Å². The van der Waals surface area contributed by atoms with Crippen molar-refractivity contribution in [3.05, 3.63) is 28.8 Å². The van der Waals surface area contributed by atoms with Gasteiger partial charge in [-0.25, -0.2) is 0 Å². The molecule has 17 heavy (non-hydrogen) atoms. The fraction of sp³-hybridized carbons (Fsp3) is 0.600. The van der Waals surface area contributed by atoms with Crippen LogP contribution >= 0.6 is 12.6 Å². The molecule has 0 amide bonds. The van der Waals surface area contributed by atoms with Gasteiger partial charge in [0, 0.05) is 18.8 Å². The summed E-state index contributed by atoms with van der Waals surface area (Å²) >= 11 is 4.28. The Hall–Kier alpha value is -0.630. The lowest BCUT2D eigenvalue weighted by Crippen LogP contribution is -2.25. The minimum Gasteiger partial charge on any atom is -0.371 e. The molecule has 0 spiro atoms. The van der Waals surface area contributed by atoms with E-state index in [1.165, 1.54) is 35.2 Å². The predicted octanol–water partition coefficient (Wildman–Crippen LogP) is 4.15. The van der Waals surface area contributed by atoms with E-state index in [-0.39, 0.29) is 0 Å². The number of aryl methyl sites for hydroxylation is 3. The molecule has 0 saturated heterocycles. The summed E-state index contributed by atoms with van der Waals surface area (Å²) in [5.74, 6) is 0.990. The van der Waals surface area contributed by atoms with E-state index in [1.54, 1.807) is 0 Å². The average molecular weight is 251 g/mol. The van der Waals surface area contributed by atoms with Crippen molar-refractivity contribution in [2.45, 2.75) is 40.5 Å². The highest BCUT2D eigenvalue weighted by Gasteiger charge is 2.10. The van der Waals surface area contributed by atoms with Crippen LogP contribution < -0.4 is 4.90 Å². The van der Waals surface area contributed by atoms with Crippen LogP contribution in [0.3, 0.4) is 0 Å². The van der Waals surface area contributed by atoms with Crippen molar-refractivity contribution in [1.82, 2.24) is 0 Å². The summed E-state index contributed by atoms with van der Waals surface area (Å²) in [5.41, 5.74) is 5.58. The number of nitrogens with zero attached hydrogens (tertiary/aromatic N) is 1. The van der Waals surface area contributed by atoms with Gasteiger partial charge in [-0.2, -0.15) is 12.6 Å². The number of unbranched alkanes of at least 4 members (excludes halogenated alkanes) is 1. The number of rotatable bonds is 6. The molecule has 0 N–H and O–H groups in total. The average Bonchev–Trinajstić information content (AvgIpc) is 2.25. The molecule has 0 aliphatic rings. The predicted molar refractivity (Wildman–Crippen MR) is 81.6 cm³/mol. The molecule has 1 aromatic rings. The van der Waals surface area contributed by atoms with E-state index in [0.717, 1.165) is 18.8 Å². The monoisotopic (exact) mass is 251 g/mol. The molecule has 0 radical (unpaired) electrons. The molecule has 0 saturated carbocycles. The van der Waals surface area contributed by atoms with E-state index in [9.17, 15) is 0 Å². The largest absolute Gasteiger partial charge is 0.371 e. The van der Waals surface area contributed by atoms with Crippen LogP contribution in [0.5, 0.6) is 0 Å². The summed E-state index contributed by atoms with van der Waals surface area (Å²) in [6.07, 6.45) is 2.42. The van der Waals surface area contributed by atoms with Crippen LogP contribution in [0.2, 0.25) is 0 Å². The smallest absolute Gasteiger partial charge is 0.0425 e. The topological polar surface area (TPSA) is 3.24 Å². The minimum absolute atomic E-state index is 0.990. The van der Waals surface area contributed by atoms with E-state index in [2.05, 4.69) is 57.4 Å². The van der Waals surface area contributed by atoms with Gasteiger partial charge < -0.3 is 4.90 Å². The molecule has 0 aromatic heterocycles. The van der Waals surface area contributed by atoms with Gasteiger partial charge in [0.25, 0.3) is 0 Å². The van der Waals surface area contributed by atoms with Gasteiger partial charge in [-0.05, 0) is 57.4 Å². The van der Waals surface area contributed by atoms with Gasteiger partial charge in [-0.3, -0.25) is 0 Å². The lowest BCUT2D eigenvalue weighted by molar-refractivity contribution is 0.733. The molecule has 1 nitrogen and oxygen atoms in total. The standard InChI is InChI=1S/C15H25NS/c1-5-16(8-6-7-9-17)15-13(3)10-12(2)11-14(15)4/h10-11,17H,5-9H2,1-4H3. The van der Waals surface area contributed by atoms with E-state index in [4.69, 9.17) is 0 Å². The van der Waals surface area contributed by atoms with Crippen LogP contribution in [0.25, 0.3) is 0 Å². The summed E-state index contributed by atoms with van der Waals surface area (Å²) in [6, 6.07) is 4.56. The lowest BCUT2D eigenvalue weighted by Gasteiger charge is -2.27. The van der Waals surface area contributed by atoms with Gasteiger partial charge in [0.1, 0.15) is 0 Å². The van der Waals surface area contributed by atoms with Crippen molar-refractivity contribution < 1.29 is 0 Å². The SMILES string of the molecule is CCN(CCCCS)c1c(C)cc(C)cc1C. The highest BCUT2D eigenvalue weighted by molar-refractivity contribution is 7.80. The number of thiol groups is 1. The first kappa shape index (κ1) is 14.4. The second-order valence-electron chi connectivity index (χ2n) is 4.76. The van der Waals surface area contributed by atoms with Crippen LogP contribution in [-0.2, 0) is 0 Å². The molecule has 96 valence electrons. The van der Waals surface area contributed by atoms with Gasteiger partial charge in [-0.1, -0.05) is 17.7 Å². The Morgan fingerprint density at radius 1 is 1.06 bits per heavy atom. The molecule has 0 fully saturated rings. The van der Waals surface area contributed by atoms with Gasteiger partial charge >= 0.3 is 0 Å². The molecule has 0 aliphatic carbocycles. The van der Waals surface area contributed by atoms with Crippen LogP contribution in [0, 0.1) is 20.8 Å². The van der Waals surface area contributed by atoms with Crippen molar-refractivity contribution in [1.29, 1.82) is 0 Å². The molecule has 0 heterocycles. The summed E-state index contributed by atoms with van der Waals surface area (Å²) in [7, 11) is 0. The van der Waals surface area contributed by atoms with Crippen LogP contribution in [-0.4, -0.2) is 18.8 Å². The molecular formula is C15H25NS. The zero-order valence-corrected chi connectivity index (χ0v) is 12.5. The van der Waals surface area contributed by atoms with E-state index < -0.39 is 0 Å². The zero-order chi connectivity index (χ0) is 12.8. The van der Waals surface area contributed by atoms with Gasteiger partial charge in [-0.15, -0.1) is 0 Å². The molecule has 0 aliphatic heterocycles.